The summed E-state index contributed by atoms with van der Waals surface area (Å²) in [5, 5.41) is 14.3. The minimum absolute atomic E-state index is 0. The SMILES string of the molecule is CC(=O)CCCCCNC(=O)[N-]CCCOCC[N-]C(=O)CC(=O)[N-]c1ccc(CC(=O)C2CCCCC2=O)cc1.[Rb+].[Rb+].[Rb+]. The molecule has 0 aliphatic heterocycles. The number of carbonyl (C=O) groups excluding carboxylic acids is 6. The van der Waals surface area contributed by atoms with Gasteiger partial charge >= 0.3 is 175 Å². The van der Waals surface area contributed by atoms with E-state index in [1.165, 1.54) is 0 Å². The third-order valence-electron chi connectivity index (χ3n) is 6.52. The van der Waals surface area contributed by atoms with Crippen LogP contribution in [0.2, 0.25) is 0 Å². The number of ether oxygens (including phenoxy) is 1. The number of nitrogens with one attached hydrogen (secondary N) is 1. The first kappa shape index (κ1) is 47.9. The van der Waals surface area contributed by atoms with Crippen LogP contribution in [-0.2, 0) is 35.1 Å². The van der Waals surface area contributed by atoms with Crippen molar-refractivity contribution in [3.05, 3.63) is 45.8 Å². The van der Waals surface area contributed by atoms with Crippen molar-refractivity contribution < 1.29 is 208 Å². The van der Waals surface area contributed by atoms with E-state index in [1.54, 1.807) is 31.2 Å². The van der Waals surface area contributed by atoms with Crippen molar-refractivity contribution >= 4 is 40.9 Å². The van der Waals surface area contributed by atoms with Gasteiger partial charge in [-0.1, -0.05) is 50.1 Å². The molecular weight excluding hydrogens is 785 g/mol. The van der Waals surface area contributed by atoms with Crippen LogP contribution in [0.3, 0.4) is 0 Å². The first-order valence-corrected chi connectivity index (χ1v) is 14.4. The molecule has 1 aliphatic rings. The van der Waals surface area contributed by atoms with Gasteiger partial charge in [0.2, 0.25) is 0 Å². The molecule has 4 amide bonds. The fourth-order valence-corrected chi connectivity index (χ4v) is 4.32. The number of benzene rings is 1. The number of rotatable bonds is 19. The van der Waals surface area contributed by atoms with Crippen LogP contribution in [0.5, 0.6) is 0 Å². The van der Waals surface area contributed by atoms with E-state index in [2.05, 4.69) is 21.3 Å². The van der Waals surface area contributed by atoms with Crippen molar-refractivity contribution in [3.8, 4) is 0 Å². The summed E-state index contributed by atoms with van der Waals surface area (Å²) in [4.78, 5) is 71.0. The van der Waals surface area contributed by atoms with Crippen molar-refractivity contribution in [2.45, 2.75) is 77.6 Å². The van der Waals surface area contributed by atoms with Gasteiger partial charge in [0.25, 0.3) is 0 Å². The summed E-state index contributed by atoms with van der Waals surface area (Å²) in [6.45, 7) is 3.09. The Bertz CT molecular complexity index is 1040. The first-order chi connectivity index (χ1) is 19.7. The van der Waals surface area contributed by atoms with Crippen LogP contribution in [0.4, 0.5) is 10.5 Å². The number of unbranched alkanes of at least 4 members (excludes halogenated alkanes) is 2. The van der Waals surface area contributed by atoms with Gasteiger partial charge in [-0.2, -0.15) is 0 Å². The van der Waals surface area contributed by atoms with Gasteiger partial charge in [0, 0.05) is 38.9 Å². The molecule has 1 aliphatic carbocycles. The summed E-state index contributed by atoms with van der Waals surface area (Å²) < 4.78 is 5.38. The molecule has 1 N–H and O–H groups in total. The summed E-state index contributed by atoms with van der Waals surface area (Å²) >= 11 is 0. The molecule has 1 saturated carbocycles. The van der Waals surface area contributed by atoms with Gasteiger partial charge in [-0.05, 0) is 44.7 Å². The van der Waals surface area contributed by atoms with E-state index in [-0.39, 0.29) is 218 Å². The molecule has 0 radical (unpaired) electrons. The topological polar surface area (TPSA) is 166 Å². The Morgan fingerprint density at radius 1 is 0.864 bits per heavy atom. The maximum atomic E-state index is 12.4. The molecule has 2 rings (SSSR count). The Kier molecular flexibility index (Phi) is 32.4. The van der Waals surface area contributed by atoms with E-state index in [1.807, 2.05) is 0 Å². The van der Waals surface area contributed by atoms with E-state index >= 15 is 0 Å². The van der Waals surface area contributed by atoms with Crippen LogP contribution in [-0.4, -0.2) is 68.0 Å². The maximum Gasteiger partial charge on any atom is 1.00 e. The molecule has 0 bridgehead atoms. The number of hydrogen-bond donors (Lipinski definition) is 1. The molecule has 11 nitrogen and oxygen atoms in total. The standard InChI is InChI=1S/C30H44N4O7.3Rb/c1-22(35)8-3-2-6-15-32-30(40)33-16-7-18-41-19-17-31-28(38)21-29(39)34-24-13-11-23(12-14-24)20-27(37)25-9-4-5-10-26(25)36;;;/h11-14,25H,2-10,15-21H2,1H3,(H4,31,32,33,34,38,39,40);;;/q;3*+1/p-3. The van der Waals surface area contributed by atoms with Gasteiger partial charge in [-0.25, -0.2) is 0 Å². The molecule has 1 aromatic carbocycles. The number of urea groups is 1. The van der Waals surface area contributed by atoms with Crippen molar-refractivity contribution in [1.82, 2.24) is 5.32 Å². The van der Waals surface area contributed by atoms with Gasteiger partial charge in [-0.3, -0.25) is 14.4 Å². The third-order valence-corrected chi connectivity index (χ3v) is 6.52. The van der Waals surface area contributed by atoms with Crippen molar-refractivity contribution in [2.75, 3.05) is 32.8 Å². The second-order valence-electron chi connectivity index (χ2n) is 10.1. The summed E-state index contributed by atoms with van der Waals surface area (Å²) in [6.07, 6.45) is 6.18. The molecule has 1 aromatic rings. The Hall–Kier alpha value is 1.82. The largest absolute Gasteiger partial charge is 1.00 e. The molecule has 1 atom stereocenters. The van der Waals surface area contributed by atoms with E-state index in [0.29, 0.717) is 51.1 Å². The molecule has 44 heavy (non-hydrogen) atoms. The average molecular weight is 826 g/mol. The zero-order valence-corrected chi connectivity index (χ0v) is 41.6. The second-order valence-corrected chi connectivity index (χ2v) is 10.1. The minimum atomic E-state index is -0.618. The zero-order chi connectivity index (χ0) is 29.9. The minimum Gasteiger partial charge on any atom is -0.651 e. The van der Waals surface area contributed by atoms with Crippen LogP contribution >= 0.6 is 0 Å². The quantitative estimate of drug-likeness (QED) is 0.110. The van der Waals surface area contributed by atoms with Gasteiger partial charge in [0.05, 0.1) is 17.7 Å². The van der Waals surface area contributed by atoms with Gasteiger partial charge in [0.1, 0.15) is 17.3 Å². The number of amides is 4. The van der Waals surface area contributed by atoms with Gasteiger partial charge < -0.3 is 40.4 Å². The van der Waals surface area contributed by atoms with E-state index in [4.69, 9.17) is 4.74 Å². The van der Waals surface area contributed by atoms with Crippen molar-refractivity contribution in [3.63, 3.8) is 0 Å². The van der Waals surface area contributed by atoms with Crippen LogP contribution in [0, 0.1) is 5.92 Å². The summed E-state index contributed by atoms with van der Waals surface area (Å²) in [5.74, 6) is -1.58. The monoisotopic (exact) mass is 824 g/mol. The average Bonchev–Trinajstić information content (AvgIpc) is 2.93. The second kappa shape index (κ2) is 29.7. The zero-order valence-electron chi connectivity index (χ0n) is 26.9. The summed E-state index contributed by atoms with van der Waals surface area (Å²) in [5.41, 5.74) is 1.12. The first-order valence-electron chi connectivity index (χ1n) is 14.4. The summed E-state index contributed by atoms with van der Waals surface area (Å²) in [6, 6.07) is 6.23. The van der Waals surface area contributed by atoms with Gasteiger partial charge in [-0.15, -0.1) is 12.2 Å². The predicted octanol–water partition coefficient (Wildman–Crippen LogP) is -3.97. The molecule has 1 unspecified atom stereocenters. The molecule has 0 heterocycles. The Balaban J connectivity index is 0. The van der Waals surface area contributed by atoms with Crippen LogP contribution < -0.4 is 180 Å². The molecule has 14 heteroatoms. The van der Waals surface area contributed by atoms with E-state index in [0.717, 1.165) is 37.7 Å². The number of hydrogen-bond acceptors (Lipinski definition) is 7. The Morgan fingerprint density at radius 2 is 1.59 bits per heavy atom. The van der Waals surface area contributed by atoms with Crippen LogP contribution in [0.1, 0.15) is 76.7 Å². The van der Waals surface area contributed by atoms with E-state index in [9.17, 15) is 28.8 Å². The molecular formula is C30H41N4O7Rb3. The van der Waals surface area contributed by atoms with E-state index < -0.39 is 24.2 Å². The van der Waals surface area contributed by atoms with Crippen LogP contribution in [0.25, 0.3) is 16.0 Å². The Morgan fingerprint density at radius 3 is 2.27 bits per heavy atom. The van der Waals surface area contributed by atoms with Crippen LogP contribution in [0.15, 0.2) is 24.3 Å². The fraction of sp³-hybridized carbons (Fsp3) is 0.600. The number of ketones is 3. The number of carbonyl (C=O) groups is 6. The Labute approximate surface area is 407 Å². The molecule has 0 aromatic heterocycles. The summed E-state index contributed by atoms with van der Waals surface area (Å²) in [7, 11) is 0. The molecule has 0 saturated heterocycles. The smallest absolute Gasteiger partial charge is 0.651 e. The maximum absolute atomic E-state index is 12.4. The molecule has 226 valence electrons. The fourth-order valence-electron chi connectivity index (χ4n) is 4.32. The van der Waals surface area contributed by atoms with Crippen molar-refractivity contribution in [2.24, 2.45) is 5.92 Å². The molecule has 0 spiro atoms. The number of nitrogens with zero attached hydrogens (tertiary/aromatic N) is 3. The molecule has 1 fully saturated rings. The predicted molar refractivity (Wildman–Crippen MR) is 154 cm³/mol. The van der Waals surface area contributed by atoms with Gasteiger partial charge in [0.15, 0.2) is 6.03 Å². The normalized spacial score (nSPS) is 13.7. The van der Waals surface area contributed by atoms with Crippen molar-refractivity contribution in [1.29, 1.82) is 0 Å². The number of Topliss-reactive ketones (excluding diaryl/α,β-unsaturated/α-hetero) is 3. The third kappa shape index (κ3) is 23.2.